The zero-order valence-electron chi connectivity index (χ0n) is 14.0. The lowest BCUT2D eigenvalue weighted by Crippen LogP contribution is -2.47. The fourth-order valence-electron chi connectivity index (χ4n) is 4.40. The van der Waals surface area contributed by atoms with Gasteiger partial charge in [-0.25, -0.2) is 0 Å². The molecule has 128 valence electrons. The van der Waals surface area contributed by atoms with Gasteiger partial charge in [-0.05, 0) is 67.0 Å². The van der Waals surface area contributed by atoms with Gasteiger partial charge in [0.2, 0.25) is 0 Å². The molecule has 1 atom stereocenters. The van der Waals surface area contributed by atoms with Gasteiger partial charge in [0.25, 0.3) is 0 Å². The van der Waals surface area contributed by atoms with Crippen LogP contribution in [0.25, 0.3) is 21.2 Å². The van der Waals surface area contributed by atoms with Crippen molar-refractivity contribution in [2.75, 3.05) is 19.6 Å². The molecule has 3 fully saturated rings. The number of ketones is 1. The highest BCUT2D eigenvalue weighted by molar-refractivity contribution is 7.13. The minimum absolute atomic E-state index is 0.209. The number of nitrogens with zero attached hydrogens (tertiary/aromatic N) is 2. The Morgan fingerprint density at radius 3 is 2.84 bits per heavy atom. The normalized spacial score (nSPS) is 25.5. The van der Waals surface area contributed by atoms with E-state index >= 15 is 0 Å². The Balaban J connectivity index is 1.40. The molecule has 5 heteroatoms. The van der Waals surface area contributed by atoms with Gasteiger partial charge in [0, 0.05) is 23.9 Å². The molecule has 25 heavy (non-hydrogen) atoms. The maximum Gasteiger partial charge on any atom is 0.183 e. The Morgan fingerprint density at radius 1 is 1.24 bits per heavy atom. The Labute approximate surface area is 150 Å². The van der Waals surface area contributed by atoms with Crippen LogP contribution in [0.4, 0.5) is 0 Å². The summed E-state index contributed by atoms with van der Waals surface area (Å²) in [5.74, 6) is 1.45. The smallest absolute Gasteiger partial charge is 0.183 e. The first-order valence-electron chi connectivity index (χ1n) is 8.95. The first-order valence-corrected chi connectivity index (χ1v) is 9.73. The highest BCUT2D eigenvalue weighted by Gasteiger charge is 2.35. The summed E-state index contributed by atoms with van der Waals surface area (Å²) < 4.78 is 10.7. The largest absolute Gasteiger partial charge is 0.472 e. The van der Waals surface area contributed by atoms with Crippen molar-refractivity contribution in [1.82, 2.24) is 9.27 Å². The number of rotatable bonds is 4. The van der Waals surface area contributed by atoms with Crippen molar-refractivity contribution in [3.63, 3.8) is 0 Å². The van der Waals surface area contributed by atoms with Gasteiger partial charge in [-0.1, -0.05) is 12.1 Å². The molecule has 0 radical (unpaired) electrons. The van der Waals surface area contributed by atoms with Crippen LogP contribution in [0.5, 0.6) is 0 Å². The van der Waals surface area contributed by atoms with Gasteiger partial charge < -0.3 is 9.32 Å². The van der Waals surface area contributed by atoms with Crippen molar-refractivity contribution in [1.29, 1.82) is 0 Å². The van der Waals surface area contributed by atoms with Crippen LogP contribution < -0.4 is 0 Å². The number of aromatic nitrogens is 1. The molecule has 3 aliphatic rings. The summed E-state index contributed by atoms with van der Waals surface area (Å²) in [5.41, 5.74) is 2.81. The number of furan rings is 1. The number of benzene rings is 1. The number of hydrogen-bond acceptors (Lipinski definition) is 5. The molecule has 2 bridgehead atoms. The third-order valence-corrected chi connectivity index (χ3v) is 6.64. The molecule has 0 saturated carbocycles. The van der Waals surface area contributed by atoms with Gasteiger partial charge in [-0.3, -0.25) is 4.79 Å². The lowest BCUT2D eigenvalue weighted by molar-refractivity contribution is 0.0440. The van der Waals surface area contributed by atoms with Crippen LogP contribution in [0.2, 0.25) is 0 Å². The van der Waals surface area contributed by atoms with Gasteiger partial charge in [0.1, 0.15) is 5.69 Å². The summed E-state index contributed by atoms with van der Waals surface area (Å²) in [4.78, 5) is 15.4. The molecular formula is C20H20N2O2S. The average molecular weight is 352 g/mol. The Bertz CT molecular complexity index is 907. The minimum atomic E-state index is 0.209. The molecule has 0 amide bonds. The third-order valence-electron chi connectivity index (χ3n) is 5.83. The van der Waals surface area contributed by atoms with Crippen molar-refractivity contribution in [2.45, 2.75) is 19.3 Å². The fourth-order valence-corrected chi connectivity index (χ4v) is 5.23. The average Bonchev–Trinajstić information content (AvgIpc) is 3.32. The van der Waals surface area contributed by atoms with Crippen LogP contribution >= 0.6 is 11.5 Å². The molecule has 0 spiro atoms. The van der Waals surface area contributed by atoms with Gasteiger partial charge in [0.05, 0.1) is 17.2 Å². The zero-order chi connectivity index (χ0) is 16.8. The molecular weight excluding hydrogens is 332 g/mol. The monoisotopic (exact) mass is 352 g/mol. The number of piperidine rings is 3. The molecule has 3 aliphatic heterocycles. The van der Waals surface area contributed by atoms with E-state index in [4.69, 9.17) is 4.42 Å². The molecule has 3 saturated heterocycles. The van der Waals surface area contributed by atoms with Crippen LogP contribution in [0.1, 0.15) is 29.8 Å². The van der Waals surface area contributed by atoms with Crippen LogP contribution in [-0.4, -0.2) is 34.7 Å². The van der Waals surface area contributed by atoms with E-state index in [1.54, 1.807) is 12.5 Å². The van der Waals surface area contributed by atoms with E-state index in [1.165, 1.54) is 37.5 Å². The Morgan fingerprint density at radius 2 is 2.12 bits per heavy atom. The van der Waals surface area contributed by atoms with Crippen molar-refractivity contribution in [3.05, 3.63) is 42.5 Å². The maximum absolute atomic E-state index is 12.9. The maximum atomic E-state index is 12.9. The van der Waals surface area contributed by atoms with Gasteiger partial charge in [0.15, 0.2) is 5.78 Å². The standard InChI is InChI=1S/C20H20N2O2S/c23-18(9-16-11-22-6-3-13(16)4-7-22)20-17-2-1-14(10-19(17)25-21-20)15-5-8-24-12-15/h1-2,5,8,10,12-13,16H,3-4,6-7,9,11H2/t16-/m0/s1. The van der Waals surface area contributed by atoms with E-state index in [1.807, 2.05) is 18.2 Å². The summed E-state index contributed by atoms with van der Waals surface area (Å²) >= 11 is 1.42. The summed E-state index contributed by atoms with van der Waals surface area (Å²) in [6.07, 6.45) is 6.56. The minimum Gasteiger partial charge on any atom is -0.472 e. The Hall–Kier alpha value is -1.98. The molecule has 1 aromatic carbocycles. The van der Waals surface area contributed by atoms with E-state index in [2.05, 4.69) is 15.3 Å². The van der Waals surface area contributed by atoms with Crippen molar-refractivity contribution >= 4 is 27.4 Å². The van der Waals surface area contributed by atoms with Crippen LogP contribution in [0.3, 0.4) is 0 Å². The van der Waals surface area contributed by atoms with Gasteiger partial charge in [-0.15, -0.1) is 0 Å². The second-order valence-corrected chi connectivity index (χ2v) is 8.08. The number of carbonyl (C=O) groups excluding carboxylic acids is 1. The van der Waals surface area contributed by atoms with Crippen molar-refractivity contribution < 1.29 is 9.21 Å². The van der Waals surface area contributed by atoms with Crippen LogP contribution in [0, 0.1) is 11.8 Å². The Kier molecular flexibility index (Phi) is 3.71. The molecule has 0 N–H and O–H groups in total. The second kappa shape index (κ2) is 6.07. The highest BCUT2D eigenvalue weighted by atomic mass is 32.1. The molecule has 3 aromatic rings. The molecule has 2 aromatic heterocycles. The van der Waals surface area contributed by atoms with E-state index in [0.29, 0.717) is 18.0 Å². The first-order chi connectivity index (χ1) is 12.3. The third kappa shape index (κ3) is 2.71. The van der Waals surface area contributed by atoms with Crippen molar-refractivity contribution in [2.24, 2.45) is 11.8 Å². The predicted octanol–water partition coefficient (Wildman–Crippen LogP) is 4.47. The van der Waals surface area contributed by atoms with Crippen LogP contribution in [-0.2, 0) is 0 Å². The summed E-state index contributed by atoms with van der Waals surface area (Å²) in [5, 5.41) is 0.989. The number of hydrogen-bond donors (Lipinski definition) is 0. The fraction of sp³-hybridized carbons (Fsp3) is 0.400. The number of fused-ring (bicyclic) bond motifs is 4. The van der Waals surface area contributed by atoms with E-state index in [9.17, 15) is 4.79 Å². The highest BCUT2D eigenvalue weighted by Crippen LogP contribution is 2.36. The van der Waals surface area contributed by atoms with Gasteiger partial charge >= 0.3 is 0 Å². The summed E-state index contributed by atoms with van der Waals surface area (Å²) in [6, 6.07) is 8.13. The second-order valence-electron chi connectivity index (χ2n) is 7.28. The van der Waals surface area contributed by atoms with E-state index in [0.717, 1.165) is 33.7 Å². The topological polar surface area (TPSA) is 46.3 Å². The zero-order valence-corrected chi connectivity index (χ0v) is 14.8. The molecule has 6 rings (SSSR count). The van der Waals surface area contributed by atoms with E-state index in [-0.39, 0.29) is 5.78 Å². The first kappa shape index (κ1) is 15.3. The lowest BCUT2D eigenvalue weighted by atomic mass is 9.76. The molecule has 0 aliphatic carbocycles. The number of Topliss-reactive ketones (excluding diaryl/α,β-unsaturated/α-hetero) is 1. The predicted molar refractivity (Wildman–Crippen MR) is 98.9 cm³/mol. The van der Waals surface area contributed by atoms with Crippen LogP contribution in [0.15, 0.2) is 41.2 Å². The van der Waals surface area contributed by atoms with Crippen molar-refractivity contribution in [3.8, 4) is 11.1 Å². The van der Waals surface area contributed by atoms with Gasteiger partial charge in [-0.2, -0.15) is 4.37 Å². The number of carbonyl (C=O) groups is 1. The molecule has 0 unspecified atom stereocenters. The van der Waals surface area contributed by atoms with E-state index < -0.39 is 0 Å². The quantitative estimate of drug-likeness (QED) is 0.650. The lowest BCUT2D eigenvalue weighted by Gasteiger charge is -2.44. The summed E-state index contributed by atoms with van der Waals surface area (Å²) in [7, 11) is 0. The molecule has 4 nitrogen and oxygen atoms in total. The SMILES string of the molecule is O=C(C[C@H]1CN2CCC1CC2)c1nsc2cc(-c3ccoc3)ccc12. The summed E-state index contributed by atoms with van der Waals surface area (Å²) in [6.45, 7) is 3.51. The molecule has 5 heterocycles.